The number of hydrogen-bond donors (Lipinski definition) is 1. The first-order chi connectivity index (χ1) is 10.7. The first-order valence-corrected chi connectivity index (χ1v) is 7.29. The van der Waals surface area contributed by atoms with Gasteiger partial charge in [-0.05, 0) is 33.0 Å². The van der Waals surface area contributed by atoms with Gasteiger partial charge in [-0.15, -0.1) is 12.4 Å². The Kier molecular flexibility index (Phi) is 5.52. The minimum absolute atomic E-state index is 0. The molecule has 0 saturated heterocycles. The van der Waals surface area contributed by atoms with Crippen LogP contribution in [-0.2, 0) is 6.42 Å². The van der Waals surface area contributed by atoms with Gasteiger partial charge in [0.15, 0.2) is 5.82 Å². The molecule has 0 saturated carbocycles. The third-order valence-electron chi connectivity index (χ3n) is 3.60. The highest BCUT2D eigenvalue weighted by atomic mass is 35.5. The van der Waals surface area contributed by atoms with Crippen LogP contribution >= 0.6 is 12.4 Å². The molecule has 7 heteroatoms. The lowest BCUT2D eigenvalue weighted by atomic mass is 10.2. The van der Waals surface area contributed by atoms with Gasteiger partial charge < -0.3 is 9.84 Å². The van der Waals surface area contributed by atoms with Crippen molar-refractivity contribution in [2.24, 2.45) is 0 Å². The van der Waals surface area contributed by atoms with Crippen molar-refractivity contribution in [1.82, 2.24) is 25.2 Å². The van der Waals surface area contributed by atoms with E-state index >= 15 is 0 Å². The lowest BCUT2D eigenvalue weighted by molar-refractivity contribution is 0.418. The molecule has 1 unspecified atom stereocenters. The number of hydrogen-bond acceptors (Lipinski definition) is 5. The lowest BCUT2D eigenvalue weighted by Gasteiger charge is -2.04. The van der Waals surface area contributed by atoms with Gasteiger partial charge in [-0.3, -0.25) is 0 Å². The zero-order valence-corrected chi connectivity index (χ0v) is 14.2. The Hall–Kier alpha value is -2.18. The highest BCUT2D eigenvalue weighted by Gasteiger charge is 2.16. The average molecular weight is 334 g/mol. The van der Waals surface area contributed by atoms with Crippen molar-refractivity contribution in [3.63, 3.8) is 0 Å². The van der Waals surface area contributed by atoms with Crippen molar-refractivity contribution in [1.29, 1.82) is 0 Å². The molecule has 0 fully saturated rings. The van der Waals surface area contributed by atoms with Crippen molar-refractivity contribution < 1.29 is 4.52 Å². The van der Waals surface area contributed by atoms with Crippen LogP contribution in [0.15, 0.2) is 41.1 Å². The van der Waals surface area contributed by atoms with Gasteiger partial charge in [0, 0.05) is 18.7 Å². The SMILES string of the molecule is CNC(C)Cc1noc(-c2cn(-c3ccccc3)nc2C)n1.Cl. The molecule has 1 N–H and O–H groups in total. The highest BCUT2D eigenvalue weighted by Crippen LogP contribution is 2.22. The summed E-state index contributed by atoms with van der Waals surface area (Å²) in [6.07, 6.45) is 2.65. The first-order valence-electron chi connectivity index (χ1n) is 7.29. The molecule has 2 heterocycles. The smallest absolute Gasteiger partial charge is 0.261 e. The number of aromatic nitrogens is 4. The van der Waals surface area contributed by atoms with Crippen molar-refractivity contribution >= 4 is 12.4 Å². The van der Waals surface area contributed by atoms with Crippen LogP contribution in [-0.4, -0.2) is 33.0 Å². The number of nitrogens with one attached hydrogen (secondary N) is 1. The van der Waals surface area contributed by atoms with Crippen molar-refractivity contribution in [3.05, 3.63) is 48.0 Å². The molecule has 1 atom stereocenters. The second kappa shape index (κ2) is 7.39. The van der Waals surface area contributed by atoms with Crippen LogP contribution in [0.1, 0.15) is 18.4 Å². The zero-order valence-electron chi connectivity index (χ0n) is 13.4. The molecule has 2 aromatic heterocycles. The average Bonchev–Trinajstić information content (AvgIpc) is 3.14. The van der Waals surface area contributed by atoms with Crippen molar-refractivity contribution in [2.45, 2.75) is 26.3 Å². The van der Waals surface area contributed by atoms with Gasteiger partial charge in [0.2, 0.25) is 0 Å². The molecule has 3 rings (SSSR count). The fourth-order valence-electron chi connectivity index (χ4n) is 2.21. The van der Waals surface area contributed by atoms with Gasteiger partial charge in [0.1, 0.15) is 0 Å². The zero-order chi connectivity index (χ0) is 15.5. The first kappa shape index (κ1) is 17.2. The largest absolute Gasteiger partial charge is 0.334 e. The molecule has 6 nitrogen and oxygen atoms in total. The highest BCUT2D eigenvalue weighted by molar-refractivity contribution is 5.85. The molecule has 0 spiro atoms. The van der Waals surface area contributed by atoms with E-state index in [2.05, 4.69) is 27.5 Å². The maximum atomic E-state index is 5.38. The number of rotatable bonds is 5. The van der Waals surface area contributed by atoms with Gasteiger partial charge in [-0.25, -0.2) is 4.68 Å². The second-order valence-corrected chi connectivity index (χ2v) is 5.32. The van der Waals surface area contributed by atoms with Gasteiger partial charge in [0.05, 0.1) is 16.9 Å². The molecule has 0 aliphatic heterocycles. The fraction of sp³-hybridized carbons (Fsp3) is 0.312. The minimum atomic E-state index is 0. The molecule has 0 radical (unpaired) electrons. The third kappa shape index (κ3) is 3.78. The molecule has 23 heavy (non-hydrogen) atoms. The number of likely N-dealkylation sites (N-methyl/N-ethyl adjacent to an activating group) is 1. The molecular formula is C16H20ClN5O. The number of nitrogens with zero attached hydrogens (tertiary/aromatic N) is 4. The summed E-state index contributed by atoms with van der Waals surface area (Å²) < 4.78 is 7.21. The summed E-state index contributed by atoms with van der Waals surface area (Å²) in [4.78, 5) is 4.47. The summed E-state index contributed by atoms with van der Waals surface area (Å²) in [6.45, 7) is 4.02. The van der Waals surface area contributed by atoms with Crippen molar-refractivity contribution in [3.8, 4) is 17.1 Å². The Morgan fingerprint density at radius 1 is 1.26 bits per heavy atom. The second-order valence-electron chi connectivity index (χ2n) is 5.32. The van der Waals surface area contributed by atoms with E-state index in [1.165, 1.54) is 0 Å². The van der Waals surface area contributed by atoms with Gasteiger partial charge in [-0.2, -0.15) is 10.1 Å². The van der Waals surface area contributed by atoms with E-state index < -0.39 is 0 Å². The van der Waals surface area contributed by atoms with E-state index in [9.17, 15) is 0 Å². The van der Waals surface area contributed by atoms with Crippen LogP contribution in [0.25, 0.3) is 17.1 Å². The van der Waals surface area contributed by atoms with E-state index in [4.69, 9.17) is 4.52 Å². The third-order valence-corrected chi connectivity index (χ3v) is 3.60. The minimum Gasteiger partial charge on any atom is -0.334 e. The Labute approximate surface area is 141 Å². The Balaban J connectivity index is 0.00000192. The van der Waals surface area contributed by atoms with Gasteiger partial charge in [0.25, 0.3) is 5.89 Å². The maximum Gasteiger partial charge on any atom is 0.261 e. The lowest BCUT2D eigenvalue weighted by Crippen LogP contribution is -2.24. The standard InChI is InChI=1S/C16H19N5O.ClH/c1-11(17-3)9-15-18-16(22-20-15)14-10-21(19-12(14)2)13-7-5-4-6-8-13;/h4-8,10-11,17H,9H2,1-3H3;1H. The predicted molar refractivity (Wildman–Crippen MR) is 91.1 cm³/mol. The normalized spacial score (nSPS) is 12.0. The van der Waals surface area contributed by atoms with E-state index in [1.807, 2.05) is 55.2 Å². The number of para-hydroxylation sites is 1. The molecule has 0 bridgehead atoms. The summed E-state index contributed by atoms with van der Waals surface area (Å²) >= 11 is 0. The molecule has 0 aliphatic carbocycles. The monoisotopic (exact) mass is 333 g/mol. The van der Waals surface area contributed by atoms with Gasteiger partial charge >= 0.3 is 0 Å². The van der Waals surface area contributed by atoms with E-state index in [1.54, 1.807) is 0 Å². The van der Waals surface area contributed by atoms with E-state index in [0.717, 1.165) is 23.4 Å². The van der Waals surface area contributed by atoms with Crippen molar-refractivity contribution in [2.75, 3.05) is 7.05 Å². The number of benzene rings is 1. The Bertz CT molecular complexity index is 753. The van der Waals surface area contributed by atoms with Crippen LogP contribution in [0.4, 0.5) is 0 Å². The molecular weight excluding hydrogens is 314 g/mol. The summed E-state index contributed by atoms with van der Waals surface area (Å²) in [7, 11) is 1.92. The van der Waals surface area contributed by atoms with Crippen LogP contribution in [0.2, 0.25) is 0 Å². The molecule has 0 amide bonds. The van der Waals surface area contributed by atoms with Crippen LogP contribution < -0.4 is 5.32 Å². The van der Waals surface area contributed by atoms with Crippen LogP contribution in [0.5, 0.6) is 0 Å². The number of aryl methyl sites for hydroxylation is 1. The number of halogens is 1. The Morgan fingerprint density at radius 3 is 2.70 bits per heavy atom. The quantitative estimate of drug-likeness (QED) is 0.777. The summed E-state index contributed by atoms with van der Waals surface area (Å²) in [5, 5.41) is 11.7. The van der Waals surface area contributed by atoms with Crippen LogP contribution in [0, 0.1) is 6.92 Å². The summed E-state index contributed by atoms with van der Waals surface area (Å²) in [5.74, 6) is 1.21. The van der Waals surface area contributed by atoms with Crippen LogP contribution in [0.3, 0.4) is 0 Å². The summed E-state index contributed by atoms with van der Waals surface area (Å²) in [5.41, 5.74) is 2.72. The Morgan fingerprint density at radius 2 is 2.00 bits per heavy atom. The molecule has 1 aromatic carbocycles. The predicted octanol–water partition coefficient (Wildman–Crippen LogP) is 2.80. The van der Waals surface area contributed by atoms with E-state index in [0.29, 0.717) is 17.8 Å². The molecule has 3 aromatic rings. The molecule has 122 valence electrons. The summed E-state index contributed by atoms with van der Waals surface area (Å²) in [6, 6.07) is 10.3. The topological polar surface area (TPSA) is 68.8 Å². The molecule has 0 aliphatic rings. The van der Waals surface area contributed by atoms with Gasteiger partial charge in [-0.1, -0.05) is 23.4 Å². The fourth-order valence-corrected chi connectivity index (χ4v) is 2.21. The van der Waals surface area contributed by atoms with E-state index in [-0.39, 0.29) is 12.4 Å². The maximum absolute atomic E-state index is 5.38.